The third kappa shape index (κ3) is 3.21. The largest absolute Gasteiger partial charge is 0.330 e. The van der Waals surface area contributed by atoms with Gasteiger partial charge in [0.05, 0.1) is 17.3 Å². The normalized spacial score (nSPS) is 23.9. The van der Waals surface area contributed by atoms with Crippen LogP contribution in [0, 0.1) is 17.2 Å². The monoisotopic (exact) mass is 401 g/mol. The first-order chi connectivity index (χ1) is 14.7. The molecule has 0 unspecified atom stereocenters. The van der Waals surface area contributed by atoms with Crippen LogP contribution in [0.5, 0.6) is 0 Å². The minimum absolute atomic E-state index is 0.413. The number of hydrogen-bond donors (Lipinski definition) is 2. The number of aromatic amines is 1. The molecule has 3 N–H and O–H groups in total. The zero-order valence-electron chi connectivity index (χ0n) is 17.3. The molecule has 1 fully saturated rings. The molecule has 0 radical (unpaired) electrons. The minimum Gasteiger partial charge on any atom is -0.330 e. The molecule has 154 valence electrons. The van der Waals surface area contributed by atoms with E-state index in [0.717, 1.165) is 60.7 Å². The Labute approximate surface area is 176 Å². The van der Waals surface area contributed by atoms with Gasteiger partial charge in [-0.3, -0.25) is 5.10 Å². The van der Waals surface area contributed by atoms with Crippen molar-refractivity contribution in [2.24, 2.45) is 11.7 Å². The van der Waals surface area contributed by atoms with Gasteiger partial charge in [0, 0.05) is 24.3 Å². The number of nitrogens with zero attached hydrogens (tertiary/aromatic N) is 5. The maximum absolute atomic E-state index is 9.27. The lowest BCUT2D eigenvalue weighted by Crippen LogP contribution is -2.26. The smallest absolute Gasteiger partial charge is 0.183 e. The molecule has 7 nitrogen and oxygen atoms in total. The van der Waals surface area contributed by atoms with Crippen molar-refractivity contribution in [1.29, 1.82) is 5.26 Å². The van der Waals surface area contributed by atoms with Crippen LogP contribution >= 0.6 is 0 Å². The van der Waals surface area contributed by atoms with Crippen molar-refractivity contribution in [1.82, 2.24) is 20.2 Å². The Morgan fingerprint density at radius 1 is 1.23 bits per heavy atom. The number of nitrogens with two attached hydrogens (primary N) is 1. The van der Waals surface area contributed by atoms with Gasteiger partial charge < -0.3 is 10.6 Å². The van der Waals surface area contributed by atoms with Gasteiger partial charge in [-0.15, -0.1) is 0 Å². The molecule has 1 aliphatic heterocycles. The number of aromatic nitrogens is 4. The molecule has 30 heavy (non-hydrogen) atoms. The highest BCUT2D eigenvalue weighted by Gasteiger charge is 2.28. The van der Waals surface area contributed by atoms with Gasteiger partial charge in [0.1, 0.15) is 0 Å². The van der Waals surface area contributed by atoms with E-state index in [1.54, 1.807) is 0 Å². The van der Waals surface area contributed by atoms with Crippen LogP contribution in [0.3, 0.4) is 0 Å². The summed E-state index contributed by atoms with van der Waals surface area (Å²) in [4.78, 5) is 11.9. The minimum atomic E-state index is 0.413. The van der Waals surface area contributed by atoms with E-state index in [1.165, 1.54) is 18.4 Å². The third-order valence-electron chi connectivity index (χ3n) is 6.89. The SMILES string of the molecule is C[C@H]1CCN(c2n[nH]c3nc(C4CCC(CN)CC4)cnc23)c2ccc(C#N)cc21. The molecule has 3 heterocycles. The summed E-state index contributed by atoms with van der Waals surface area (Å²) in [7, 11) is 0. The molecule has 2 aliphatic rings. The van der Waals surface area contributed by atoms with Gasteiger partial charge in [-0.25, -0.2) is 9.97 Å². The zero-order valence-corrected chi connectivity index (χ0v) is 17.3. The van der Waals surface area contributed by atoms with Crippen molar-refractivity contribution in [3.63, 3.8) is 0 Å². The Bertz CT molecular complexity index is 1100. The first-order valence-corrected chi connectivity index (χ1v) is 10.9. The van der Waals surface area contributed by atoms with E-state index in [9.17, 15) is 5.26 Å². The molecule has 2 aromatic heterocycles. The average Bonchev–Trinajstić information content (AvgIpc) is 3.22. The second-order valence-corrected chi connectivity index (χ2v) is 8.72. The van der Waals surface area contributed by atoms with Crippen LogP contribution in [0.2, 0.25) is 0 Å². The molecule has 0 amide bonds. The Morgan fingerprint density at radius 3 is 2.83 bits per heavy atom. The summed E-state index contributed by atoms with van der Waals surface area (Å²) < 4.78 is 0. The van der Waals surface area contributed by atoms with Crippen molar-refractivity contribution in [3.8, 4) is 6.07 Å². The topological polar surface area (TPSA) is 108 Å². The summed E-state index contributed by atoms with van der Waals surface area (Å²) in [6.45, 7) is 3.87. The van der Waals surface area contributed by atoms with Crippen LogP contribution in [0.15, 0.2) is 24.4 Å². The molecule has 1 aromatic carbocycles. The number of nitriles is 1. The number of H-pyrrole nitrogens is 1. The predicted molar refractivity (Wildman–Crippen MR) is 117 cm³/mol. The van der Waals surface area contributed by atoms with Crippen molar-refractivity contribution < 1.29 is 0 Å². The van der Waals surface area contributed by atoms with Gasteiger partial charge in [0.2, 0.25) is 0 Å². The van der Waals surface area contributed by atoms with Gasteiger partial charge in [0.15, 0.2) is 17.0 Å². The number of fused-ring (bicyclic) bond motifs is 2. The number of nitrogens with one attached hydrogen (secondary N) is 1. The maximum atomic E-state index is 9.27. The summed E-state index contributed by atoms with van der Waals surface area (Å²) in [6.07, 6.45) is 7.53. The van der Waals surface area contributed by atoms with Crippen molar-refractivity contribution in [2.75, 3.05) is 18.0 Å². The highest BCUT2D eigenvalue weighted by atomic mass is 15.3. The molecule has 1 saturated carbocycles. The Hall–Kier alpha value is -2.98. The fraction of sp³-hybridized carbons (Fsp3) is 0.478. The Morgan fingerprint density at radius 2 is 2.07 bits per heavy atom. The molecule has 5 rings (SSSR count). The lowest BCUT2D eigenvalue weighted by Gasteiger charge is -2.33. The van der Waals surface area contributed by atoms with Crippen molar-refractivity contribution in [2.45, 2.75) is 50.9 Å². The third-order valence-corrected chi connectivity index (χ3v) is 6.89. The second kappa shape index (κ2) is 7.69. The van der Waals surface area contributed by atoms with Crippen LogP contribution in [0.4, 0.5) is 11.5 Å². The summed E-state index contributed by atoms with van der Waals surface area (Å²) in [6, 6.07) is 8.16. The standard InChI is InChI=1S/C23H27N7/c1-14-8-9-30(20-7-4-16(12-25)10-18(14)20)23-21-22(28-29-23)27-19(13-26-21)17-5-2-15(11-24)3-6-17/h4,7,10,13-15,17H,2-3,5-6,8-9,11,24H2,1H3,(H,27,28,29)/t14-,15?,17?/m0/s1. The number of rotatable bonds is 3. The number of benzene rings is 1. The molecule has 1 aliphatic carbocycles. The van der Waals surface area contributed by atoms with Gasteiger partial charge in [-0.05, 0) is 74.2 Å². The van der Waals surface area contributed by atoms with E-state index in [-0.39, 0.29) is 0 Å². The van der Waals surface area contributed by atoms with E-state index in [0.29, 0.717) is 23.3 Å². The van der Waals surface area contributed by atoms with Crippen LogP contribution < -0.4 is 10.6 Å². The molecule has 7 heteroatoms. The molecule has 3 aromatic rings. The molecular weight excluding hydrogens is 374 g/mol. The predicted octanol–water partition coefficient (Wildman–Crippen LogP) is 4.10. The van der Waals surface area contributed by atoms with Gasteiger partial charge in [0.25, 0.3) is 0 Å². The summed E-state index contributed by atoms with van der Waals surface area (Å²) in [5, 5.41) is 17.0. The first kappa shape index (κ1) is 19.0. The second-order valence-electron chi connectivity index (χ2n) is 8.72. The van der Waals surface area contributed by atoms with E-state index in [4.69, 9.17) is 15.7 Å². The lowest BCUT2D eigenvalue weighted by molar-refractivity contribution is 0.329. The van der Waals surface area contributed by atoms with Crippen LogP contribution in [0.1, 0.15) is 67.7 Å². The average molecular weight is 402 g/mol. The summed E-state index contributed by atoms with van der Waals surface area (Å²) >= 11 is 0. The maximum Gasteiger partial charge on any atom is 0.183 e. The number of hydrogen-bond acceptors (Lipinski definition) is 6. The Kier molecular flexibility index (Phi) is 4.87. The highest BCUT2D eigenvalue weighted by Crippen LogP contribution is 2.41. The molecular formula is C23H27N7. The van der Waals surface area contributed by atoms with E-state index in [1.807, 2.05) is 24.4 Å². The zero-order chi connectivity index (χ0) is 20.7. The Balaban J connectivity index is 1.47. The van der Waals surface area contributed by atoms with Crippen LogP contribution in [0.25, 0.3) is 11.2 Å². The fourth-order valence-corrected chi connectivity index (χ4v) is 4.97. The van der Waals surface area contributed by atoms with E-state index >= 15 is 0 Å². The van der Waals surface area contributed by atoms with Crippen molar-refractivity contribution >= 4 is 22.7 Å². The molecule has 0 bridgehead atoms. The summed E-state index contributed by atoms with van der Waals surface area (Å²) in [5.74, 6) is 2.34. The fourth-order valence-electron chi connectivity index (χ4n) is 4.97. The van der Waals surface area contributed by atoms with E-state index in [2.05, 4.69) is 28.1 Å². The van der Waals surface area contributed by atoms with E-state index < -0.39 is 0 Å². The lowest BCUT2D eigenvalue weighted by atomic mass is 9.81. The highest BCUT2D eigenvalue weighted by molar-refractivity contribution is 5.87. The van der Waals surface area contributed by atoms with Crippen LogP contribution in [-0.2, 0) is 0 Å². The molecule has 1 atom stereocenters. The van der Waals surface area contributed by atoms with Gasteiger partial charge in [-0.2, -0.15) is 10.4 Å². The van der Waals surface area contributed by atoms with Crippen LogP contribution in [-0.4, -0.2) is 33.3 Å². The van der Waals surface area contributed by atoms with Gasteiger partial charge >= 0.3 is 0 Å². The molecule has 0 saturated heterocycles. The first-order valence-electron chi connectivity index (χ1n) is 10.9. The number of anilines is 2. The van der Waals surface area contributed by atoms with Gasteiger partial charge in [-0.1, -0.05) is 6.92 Å². The quantitative estimate of drug-likeness (QED) is 0.684. The van der Waals surface area contributed by atoms with Crippen molar-refractivity contribution in [3.05, 3.63) is 41.2 Å². The molecule has 0 spiro atoms. The summed E-state index contributed by atoms with van der Waals surface area (Å²) in [5.41, 5.74) is 11.4.